The molecule has 1 aliphatic rings. The molecular weight excluding hydrogens is 440 g/mol. The zero-order chi connectivity index (χ0) is 23.2. The van der Waals surface area contributed by atoms with Gasteiger partial charge >= 0.3 is 6.09 Å². The van der Waals surface area contributed by atoms with Gasteiger partial charge in [-0.15, -0.1) is 0 Å². The number of nitrogens with zero attached hydrogens (tertiary/aromatic N) is 3. The van der Waals surface area contributed by atoms with Crippen LogP contribution < -0.4 is 5.32 Å². The third kappa shape index (κ3) is 3.74. The molecule has 0 unspecified atom stereocenters. The topological polar surface area (TPSA) is 114 Å². The number of benzene rings is 2. The van der Waals surface area contributed by atoms with Gasteiger partial charge in [-0.1, -0.05) is 54.6 Å². The summed E-state index contributed by atoms with van der Waals surface area (Å²) in [5.41, 5.74) is 3.94. The third-order valence-corrected chi connectivity index (χ3v) is 7.12. The maximum atomic E-state index is 12.1. The Morgan fingerprint density at radius 1 is 1.00 bits per heavy atom. The highest BCUT2D eigenvalue weighted by molar-refractivity contribution is 7.90. The van der Waals surface area contributed by atoms with Gasteiger partial charge in [-0.05, 0) is 37.0 Å². The van der Waals surface area contributed by atoms with Crippen LogP contribution in [0.25, 0.3) is 28.2 Å². The maximum absolute atomic E-state index is 12.1. The number of aromatic nitrogens is 3. The first-order valence-corrected chi connectivity index (χ1v) is 12.4. The van der Waals surface area contributed by atoms with Crippen LogP contribution in [-0.4, -0.2) is 40.5 Å². The van der Waals surface area contributed by atoms with Crippen LogP contribution >= 0.6 is 0 Å². The van der Waals surface area contributed by atoms with Crippen LogP contribution in [0.5, 0.6) is 0 Å². The summed E-state index contributed by atoms with van der Waals surface area (Å²) in [6, 6.07) is 20.4. The Bertz CT molecular complexity index is 1460. The molecule has 2 aromatic heterocycles. The van der Waals surface area contributed by atoms with Gasteiger partial charge < -0.3 is 10.4 Å². The second-order valence-corrected chi connectivity index (χ2v) is 10.3. The standard InChI is InChI=1S/C24H22N4O4S/c1-33(31,32)20-13-12-19-25-21(22(28(19)27-20)17-6-3-2-4-7-17)16-8-10-18(11-9-16)24(14-5-15-24)26-23(29)30/h2-4,6-13,26H,5,14-15H2,1H3,(H,29,30). The normalized spacial score (nSPS) is 15.2. The molecule has 0 bridgehead atoms. The second kappa shape index (κ2) is 7.70. The van der Waals surface area contributed by atoms with Crippen molar-refractivity contribution in [1.29, 1.82) is 0 Å². The highest BCUT2D eigenvalue weighted by Gasteiger charge is 2.40. The number of carboxylic acid groups (broad SMARTS) is 1. The van der Waals surface area contributed by atoms with Gasteiger partial charge in [0.25, 0.3) is 0 Å². The summed E-state index contributed by atoms with van der Waals surface area (Å²) in [6.45, 7) is 0. The van der Waals surface area contributed by atoms with Crippen molar-refractivity contribution in [3.8, 4) is 22.5 Å². The van der Waals surface area contributed by atoms with Crippen molar-refractivity contribution in [2.75, 3.05) is 6.26 Å². The van der Waals surface area contributed by atoms with Crippen molar-refractivity contribution in [2.24, 2.45) is 0 Å². The molecule has 0 saturated heterocycles. The van der Waals surface area contributed by atoms with E-state index in [1.807, 2.05) is 54.6 Å². The molecule has 0 atom stereocenters. The fourth-order valence-electron chi connectivity index (χ4n) is 4.34. The van der Waals surface area contributed by atoms with Crippen molar-refractivity contribution in [3.63, 3.8) is 0 Å². The first kappa shape index (κ1) is 21.1. The van der Waals surface area contributed by atoms with Crippen LogP contribution in [0, 0.1) is 0 Å². The fourth-order valence-corrected chi connectivity index (χ4v) is 4.88. The summed E-state index contributed by atoms with van der Waals surface area (Å²) < 4.78 is 25.8. The SMILES string of the molecule is CS(=O)(=O)c1ccc2nc(-c3ccc(C4(NC(=O)O)CCC4)cc3)c(-c3ccccc3)n2n1. The Hall–Kier alpha value is -3.72. The Balaban J connectivity index is 1.66. The van der Waals surface area contributed by atoms with Gasteiger partial charge in [0.15, 0.2) is 20.5 Å². The monoisotopic (exact) mass is 462 g/mol. The van der Waals surface area contributed by atoms with Crippen molar-refractivity contribution in [2.45, 2.75) is 29.8 Å². The van der Waals surface area contributed by atoms with Gasteiger partial charge in [0, 0.05) is 17.4 Å². The molecule has 1 aliphatic carbocycles. The molecule has 0 radical (unpaired) electrons. The molecule has 1 amide bonds. The number of rotatable bonds is 5. The van der Waals surface area contributed by atoms with E-state index in [9.17, 15) is 18.3 Å². The number of amides is 1. The zero-order valence-electron chi connectivity index (χ0n) is 17.9. The van der Waals surface area contributed by atoms with Crippen LogP contribution in [0.3, 0.4) is 0 Å². The summed E-state index contributed by atoms with van der Waals surface area (Å²) in [6.07, 6.45) is 2.60. The van der Waals surface area contributed by atoms with E-state index >= 15 is 0 Å². The van der Waals surface area contributed by atoms with Crippen LogP contribution in [0.1, 0.15) is 24.8 Å². The first-order chi connectivity index (χ1) is 15.8. The molecule has 9 heteroatoms. The molecule has 8 nitrogen and oxygen atoms in total. The summed E-state index contributed by atoms with van der Waals surface area (Å²) in [5, 5.41) is 16.3. The van der Waals surface area contributed by atoms with Gasteiger partial charge in [-0.2, -0.15) is 5.10 Å². The summed E-state index contributed by atoms with van der Waals surface area (Å²) in [5.74, 6) is 0. The highest BCUT2D eigenvalue weighted by Crippen LogP contribution is 2.42. The molecular formula is C24H22N4O4S. The molecule has 1 saturated carbocycles. The lowest BCUT2D eigenvalue weighted by Gasteiger charge is -2.42. The van der Waals surface area contributed by atoms with Crippen LogP contribution in [0.15, 0.2) is 71.8 Å². The average Bonchev–Trinajstić information content (AvgIpc) is 3.15. The van der Waals surface area contributed by atoms with Gasteiger partial charge in [0.2, 0.25) is 0 Å². The van der Waals surface area contributed by atoms with Crippen LogP contribution in [0.2, 0.25) is 0 Å². The largest absolute Gasteiger partial charge is 0.465 e. The number of imidazole rings is 1. The molecule has 0 spiro atoms. The number of hydrogen-bond donors (Lipinski definition) is 2. The zero-order valence-corrected chi connectivity index (χ0v) is 18.7. The van der Waals surface area contributed by atoms with Crippen molar-refractivity contribution in [3.05, 3.63) is 72.3 Å². The first-order valence-electron chi connectivity index (χ1n) is 10.5. The van der Waals surface area contributed by atoms with E-state index in [1.54, 1.807) is 10.6 Å². The number of carbonyl (C=O) groups is 1. The summed E-state index contributed by atoms with van der Waals surface area (Å²) in [7, 11) is -3.49. The Morgan fingerprint density at radius 3 is 2.27 bits per heavy atom. The average molecular weight is 463 g/mol. The minimum Gasteiger partial charge on any atom is -0.465 e. The lowest BCUT2D eigenvalue weighted by Crippen LogP contribution is -2.50. The van der Waals surface area contributed by atoms with Crippen LogP contribution in [-0.2, 0) is 15.4 Å². The molecule has 2 N–H and O–H groups in total. The van der Waals surface area contributed by atoms with E-state index < -0.39 is 21.5 Å². The van der Waals surface area contributed by atoms with Gasteiger partial charge in [0.1, 0.15) is 5.69 Å². The van der Waals surface area contributed by atoms with Crippen molar-refractivity contribution < 1.29 is 18.3 Å². The molecule has 4 aromatic rings. The van der Waals surface area contributed by atoms with E-state index in [4.69, 9.17) is 4.98 Å². The third-order valence-electron chi connectivity index (χ3n) is 6.14. The predicted molar refractivity (Wildman–Crippen MR) is 124 cm³/mol. The minimum absolute atomic E-state index is 0.0295. The lowest BCUT2D eigenvalue weighted by atomic mass is 9.72. The number of fused-ring (bicyclic) bond motifs is 1. The van der Waals surface area contributed by atoms with Gasteiger partial charge in [-0.25, -0.2) is 22.7 Å². The Kier molecular flexibility index (Phi) is 4.93. The predicted octanol–water partition coefficient (Wildman–Crippen LogP) is 4.11. The number of nitrogens with one attached hydrogen (secondary N) is 1. The van der Waals surface area contributed by atoms with Gasteiger partial charge in [-0.3, -0.25) is 0 Å². The van der Waals surface area contributed by atoms with Crippen molar-refractivity contribution >= 4 is 21.6 Å². The Morgan fingerprint density at radius 2 is 1.70 bits per heavy atom. The lowest BCUT2D eigenvalue weighted by molar-refractivity contribution is 0.144. The van der Waals surface area contributed by atoms with Crippen molar-refractivity contribution in [1.82, 2.24) is 19.9 Å². The maximum Gasteiger partial charge on any atom is 0.405 e. The molecule has 2 heterocycles. The molecule has 33 heavy (non-hydrogen) atoms. The van der Waals surface area contributed by atoms with Crippen LogP contribution in [0.4, 0.5) is 4.79 Å². The number of hydrogen-bond acceptors (Lipinski definition) is 5. The van der Waals surface area contributed by atoms with E-state index in [2.05, 4.69) is 10.4 Å². The second-order valence-electron chi connectivity index (χ2n) is 8.33. The molecule has 5 rings (SSSR count). The molecule has 1 fully saturated rings. The Labute approximate surface area is 190 Å². The summed E-state index contributed by atoms with van der Waals surface area (Å²) in [4.78, 5) is 16.0. The fraction of sp³-hybridized carbons (Fsp3) is 0.208. The van der Waals surface area contributed by atoms with E-state index in [-0.39, 0.29) is 5.03 Å². The quantitative estimate of drug-likeness (QED) is 0.461. The molecule has 0 aliphatic heterocycles. The molecule has 2 aromatic carbocycles. The summed E-state index contributed by atoms with van der Waals surface area (Å²) >= 11 is 0. The van der Waals surface area contributed by atoms with E-state index in [0.717, 1.165) is 42.2 Å². The smallest absolute Gasteiger partial charge is 0.405 e. The van der Waals surface area contributed by atoms with E-state index in [1.165, 1.54) is 6.07 Å². The van der Waals surface area contributed by atoms with Gasteiger partial charge in [0.05, 0.1) is 11.2 Å². The minimum atomic E-state index is -3.49. The highest BCUT2D eigenvalue weighted by atomic mass is 32.2. The number of sulfone groups is 1. The molecule has 168 valence electrons. The van der Waals surface area contributed by atoms with E-state index in [0.29, 0.717) is 17.0 Å².